The number of pyridine rings is 1. The third kappa shape index (κ3) is 2.16. The van der Waals surface area contributed by atoms with Crippen LogP contribution in [0.4, 0.5) is 14.5 Å². The number of halogens is 4. The maximum atomic E-state index is 12.2. The first kappa shape index (κ1) is 11.3. The molecule has 1 aromatic rings. The van der Waals surface area contributed by atoms with Crippen molar-refractivity contribution in [2.24, 2.45) is 0 Å². The van der Waals surface area contributed by atoms with Gasteiger partial charge in [0.25, 0.3) is 6.43 Å². The first-order chi connectivity index (χ1) is 6.43. The van der Waals surface area contributed by atoms with E-state index in [4.69, 9.17) is 11.6 Å². The lowest BCUT2D eigenvalue weighted by molar-refractivity contribution is -0.385. The molecular formula is C6H2BrClF2N2O2. The van der Waals surface area contributed by atoms with Gasteiger partial charge in [-0.1, -0.05) is 11.6 Å². The van der Waals surface area contributed by atoms with E-state index in [0.717, 1.165) is 6.07 Å². The molecule has 0 aliphatic heterocycles. The van der Waals surface area contributed by atoms with Crippen LogP contribution in [0.3, 0.4) is 0 Å². The maximum absolute atomic E-state index is 12.2. The topological polar surface area (TPSA) is 56.0 Å². The van der Waals surface area contributed by atoms with Crippen LogP contribution in [0.25, 0.3) is 0 Å². The van der Waals surface area contributed by atoms with Gasteiger partial charge in [-0.15, -0.1) is 0 Å². The molecule has 1 aromatic heterocycles. The molecule has 0 amide bonds. The highest BCUT2D eigenvalue weighted by Gasteiger charge is 2.21. The quantitative estimate of drug-likeness (QED) is 0.476. The van der Waals surface area contributed by atoms with Crippen LogP contribution in [0, 0.1) is 10.1 Å². The fourth-order valence-electron chi connectivity index (χ4n) is 0.751. The van der Waals surface area contributed by atoms with Crippen LogP contribution in [-0.4, -0.2) is 9.91 Å². The molecule has 0 N–H and O–H groups in total. The first-order valence-corrected chi connectivity index (χ1v) is 4.39. The van der Waals surface area contributed by atoms with Crippen molar-refractivity contribution in [3.8, 4) is 0 Å². The molecule has 0 atom stereocenters. The van der Waals surface area contributed by atoms with E-state index in [1.807, 2.05) is 0 Å². The Labute approximate surface area is 90.2 Å². The summed E-state index contributed by atoms with van der Waals surface area (Å²) in [5.41, 5.74) is -1.12. The summed E-state index contributed by atoms with van der Waals surface area (Å²) >= 11 is 8.08. The fraction of sp³-hybridized carbons (Fsp3) is 0.167. The van der Waals surface area contributed by atoms with E-state index in [9.17, 15) is 18.9 Å². The monoisotopic (exact) mass is 286 g/mol. The average Bonchev–Trinajstić information content (AvgIpc) is 2.07. The molecule has 76 valence electrons. The van der Waals surface area contributed by atoms with E-state index in [0.29, 0.717) is 0 Å². The minimum absolute atomic E-state index is 0.136. The smallest absolute Gasteiger partial charge is 0.258 e. The Hall–Kier alpha value is -0.820. The molecule has 14 heavy (non-hydrogen) atoms. The zero-order valence-corrected chi connectivity index (χ0v) is 8.72. The van der Waals surface area contributed by atoms with E-state index < -0.39 is 27.9 Å². The van der Waals surface area contributed by atoms with E-state index in [1.165, 1.54) is 0 Å². The van der Waals surface area contributed by atoms with Gasteiger partial charge in [-0.2, -0.15) is 0 Å². The Bertz CT molecular complexity index is 388. The molecule has 1 heterocycles. The van der Waals surface area contributed by atoms with Crippen molar-refractivity contribution in [3.05, 3.63) is 31.5 Å². The van der Waals surface area contributed by atoms with Crippen molar-refractivity contribution in [2.75, 3.05) is 0 Å². The molecule has 0 fully saturated rings. The van der Waals surface area contributed by atoms with E-state index >= 15 is 0 Å². The number of nitrogens with zero attached hydrogens (tertiary/aromatic N) is 2. The number of aromatic nitrogens is 1. The second-order valence-electron chi connectivity index (χ2n) is 2.22. The minimum atomic E-state index is -2.83. The Morgan fingerprint density at radius 1 is 1.64 bits per heavy atom. The van der Waals surface area contributed by atoms with Gasteiger partial charge >= 0.3 is 5.69 Å². The van der Waals surface area contributed by atoms with Crippen molar-refractivity contribution in [1.29, 1.82) is 0 Å². The number of rotatable bonds is 2. The highest BCUT2D eigenvalue weighted by Crippen LogP contribution is 2.32. The Kier molecular flexibility index (Phi) is 3.33. The summed E-state index contributed by atoms with van der Waals surface area (Å²) in [7, 11) is 0. The number of hydrogen-bond acceptors (Lipinski definition) is 3. The molecule has 0 aromatic carbocycles. The Morgan fingerprint density at radius 2 is 2.21 bits per heavy atom. The number of nitro groups is 1. The zero-order chi connectivity index (χ0) is 10.9. The summed E-state index contributed by atoms with van der Waals surface area (Å²) in [5.74, 6) is 0. The van der Waals surface area contributed by atoms with Gasteiger partial charge in [0.15, 0.2) is 0 Å². The second kappa shape index (κ2) is 4.14. The normalized spacial score (nSPS) is 10.6. The van der Waals surface area contributed by atoms with Crippen molar-refractivity contribution >= 4 is 33.2 Å². The molecule has 0 saturated carbocycles. The van der Waals surface area contributed by atoms with E-state index in [-0.39, 0.29) is 4.47 Å². The molecule has 0 aliphatic carbocycles. The summed E-state index contributed by atoms with van der Waals surface area (Å²) in [4.78, 5) is 12.8. The molecule has 0 saturated heterocycles. The van der Waals surface area contributed by atoms with Crippen molar-refractivity contribution < 1.29 is 13.7 Å². The SMILES string of the molecule is O=[N+]([O-])c1cc(Br)c(C(F)F)nc1Cl. The standard InChI is InChI=1S/C6H2BrClF2N2O2/c7-2-1-3(12(13)14)5(8)11-4(2)6(9)10/h1,6H. The lowest BCUT2D eigenvalue weighted by Crippen LogP contribution is -1.97. The Balaban J connectivity index is 3.31. The summed E-state index contributed by atoms with van der Waals surface area (Å²) in [5, 5.41) is 9.78. The third-order valence-electron chi connectivity index (χ3n) is 1.34. The molecule has 1 rings (SSSR count). The van der Waals surface area contributed by atoms with Crippen LogP contribution in [0.15, 0.2) is 10.5 Å². The van der Waals surface area contributed by atoms with E-state index in [2.05, 4.69) is 20.9 Å². The first-order valence-electron chi connectivity index (χ1n) is 3.22. The van der Waals surface area contributed by atoms with Gasteiger partial charge in [-0.05, 0) is 15.9 Å². The van der Waals surface area contributed by atoms with Gasteiger partial charge < -0.3 is 0 Å². The van der Waals surface area contributed by atoms with Crippen molar-refractivity contribution in [2.45, 2.75) is 6.43 Å². The molecule has 4 nitrogen and oxygen atoms in total. The average molecular weight is 287 g/mol. The van der Waals surface area contributed by atoms with E-state index in [1.54, 1.807) is 0 Å². The number of alkyl halides is 2. The van der Waals surface area contributed by atoms with Crippen LogP contribution in [0.2, 0.25) is 5.15 Å². The molecule has 0 bridgehead atoms. The van der Waals surface area contributed by atoms with Gasteiger partial charge in [0, 0.05) is 6.07 Å². The van der Waals surface area contributed by atoms with Crippen LogP contribution < -0.4 is 0 Å². The van der Waals surface area contributed by atoms with Crippen molar-refractivity contribution in [3.63, 3.8) is 0 Å². The lowest BCUT2D eigenvalue weighted by atomic mass is 10.3. The Morgan fingerprint density at radius 3 is 2.64 bits per heavy atom. The van der Waals surface area contributed by atoms with Crippen LogP contribution in [0.1, 0.15) is 12.1 Å². The fourth-order valence-corrected chi connectivity index (χ4v) is 1.44. The minimum Gasteiger partial charge on any atom is -0.258 e. The lowest BCUT2D eigenvalue weighted by Gasteiger charge is -2.02. The molecule has 0 spiro atoms. The molecule has 8 heteroatoms. The molecule has 0 unspecified atom stereocenters. The molecule has 0 aliphatic rings. The summed E-state index contributed by atoms with van der Waals surface area (Å²) < 4.78 is 24.3. The largest absolute Gasteiger partial charge is 0.307 e. The third-order valence-corrected chi connectivity index (χ3v) is 2.25. The van der Waals surface area contributed by atoms with Crippen LogP contribution in [-0.2, 0) is 0 Å². The second-order valence-corrected chi connectivity index (χ2v) is 3.44. The van der Waals surface area contributed by atoms with Crippen LogP contribution >= 0.6 is 27.5 Å². The summed E-state index contributed by atoms with van der Waals surface area (Å²) in [6.45, 7) is 0. The van der Waals surface area contributed by atoms with Gasteiger partial charge in [-0.3, -0.25) is 10.1 Å². The predicted octanol–water partition coefficient (Wildman–Crippen LogP) is 3.34. The summed E-state index contributed by atoms with van der Waals surface area (Å²) in [6, 6.07) is 0.900. The zero-order valence-electron chi connectivity index (χ0n) is 6.38. The van der Waals surface area contributed by atoms with Gasteiger partial charge in [0.2, 0.25) is 5.15 Å². The highest BCUT2D eigenvalue weighted by molar-refractivity contribution is 9.10. The summed E-state index contributed by atoms with van der Waals surface area (Å²) in [6.07, 6.45) is -2.83. The van der Waals surface area contributed by atoms with Gasteiger partial charge in [0.1, 0.15) is 5.69 Å². The van der Waals surface area contributed by atoms with Gasteiger partial charge in [-0.25, -0.2) is 13.8 Å². The van der Waals surface area contributed by atoms with Crippen LogP contribution in [0.5, 0.6) is 0 Å². The molecule has 0 radical (unpaired) electrons. The highest BCUT2D eigenvalue weighted by atomic mass is 79.9. The van der Waals surface area contributed by atoms with Crippen molar-refractivity contribution in [1.82, 2.24) is 4.98 Å². The predicted molar refractivity (Wildman–Crippen MR) is 48.6 cm³/mol. The van der Waals surface area contributed by atoms with Gasteiger partial charge in [0.05, 0.1) is 9.40 Å². The molecular weight excluding hydrogens is 285 g/mol. The maximum Gasteiger partial charge on any atom is 0.307 e. The number of hydrogen-bond donors (Lipinski definition) is 0.